The topological polar surface area (TPSA) is 67.4 Å². The fourth-order valence-electron chi connectivity index (χ4n) is 1.87. The van der Waals surface area contributed by atoms with Crippen LogP contribution in [0.25, 0.3) is 0 Å². The van der Waals surface area contributed by atoms with E-state index in [4.69, 9.17) is 16.3 Å². The third-order valence-corrected chi connectivity index (χ3v) is 4.12. The fourth-order valence-corrected chi connectivity index (χ4v) is 2.68. The van der Waals surface area contributed by atoms with Crippen LogP contribution in [0.4, 0.5) is 11.4 Å². The van der Waals surface area contributed by atoms with E-state index in [1.165, 1.54) is 11.8 Å². The Kier molecular flexibility index (Phi) is 6.96. The van der Waals surface area contributed by atoms with Gasteiger partial charge in [0, 0.05) is 16.4 Å². The van der Waals surface area contributed by atoms with Crippen LogP contribution in [0.5, 0.6) is 5.75 Å². The van der Waals surface area contributed by atoms with E-state index in [0.29, 0.717) is 16.4 Å². The number of thioether (sulfide) groups is 1. The van der Waals surface area contributed by atoms with Crippen molar-refractivity contribution in [2.45, 2.75) is 0 Å². The zero-order valence-corrected chi connectivity index (χ0v) is 14.6. The minimum Gasteiger partial charge on any atom is -0.497 e. The number of carbonyl (C=O) groups excluding carboxylic acids is 2. The maximum absolute atomic E-state index is 11.8. The lowest BCUT2D eigenvalue weighted by Gasteiger charge is -2.07. The highest BCUT2D eigenvalue weighted by molar-refractivity contribution is 8.00. The Morgan fingerprint density at radius 3 is 2.21 bits per heavy atom. The molecule has 0 aliphatic carbocycles. The van der Waals surface area contributed by atoms with Gasteiger partial charge in [-0.15, -0.1) is 11.8 Å². The van der Waals surface area contributed by atoms with Crippen LogP contribution < -0.4 is 15.4 Å². The molecule has 24 heavy (non-hydrogen) atoms. The molecule has 2 N–H and O–H groups in total. The minimum atomic E-state index is -0.181. The van der Waals surface area contributed by atoms with Crippen LogP contribution in [0, 0.1) is 0 Å². The number of hydrogen-bond donors (Lipinski definition) is 2. The molecule has 2 rings (SSSR count). The molecule has 0 fully saturated rings. The van der Waals surface area contributed by atoms with Crippen molar-refractivity contribution in [1.82, 2.24) is 0 Å². The Morgan fingerprint density at radius 2 is 1.62 bits per heavy atom. The number of methoxy groups -OCH3 is 1. The number of benzene rings is 2. The first-order valence-electron chi connectivity index (χ1n) is 7.14. The largest absolute Gasteiger partial charge is 0.497 e. The summed E-state index contributed by atoms with van der Waals surface area (Å²) < 4.78 is 5.05. The van der Waals surface area contributed by atoms with Gasteiger partial charge in [-0.25, -0.2) is 0 Å². The summed E-state index contributed by atoms with van der Waals surface area (Å²) in [5, 5.41) is 6.04. The van der Waals surface area contributed by atoms with Gasteiger partial charge >= 0.3 is 0 Å². The molecule has 126 valence electrons. The summed E-state index contributed by atoms with van der Waals surface area (Å²) in [4.78, 5) is 23.7. The predicted molar refractivity (Wildman–Crippen MR) is 99.0 cm³/mol. The molecule has 0 unspecified atom stereocenters. The van der Waals surface area contributed by atoms with Gasteiger partial charge in [-0.1, -0.05) is 17.7 Å². The second-order valence-electron chi connectivity index (χ2n) is 4.83. The molecule has 0 bridgehead atoms. The molecule has 2 aromatic rings. The molecule has 0 aliphatic heterocycles. The molecule has 0 saturated carbocycles. The van der Waals surface area contributed by atoms with Gasteiger partial charge in [-0.2, -0.15) is 0 Å². The molecule has 0 atom stereocenters. The van der Waals surface area contributed by atoms with Crippen molar-refractivity contribution in [2.75, 3.05) is 29.2 Å². The molecule has 0 aliphatic rings. The van der Waals surface area contributed by atoms with E-state index in [0.717, 1.165) is 5.75 Å². The zero-order chi connectivity index (χ0) is 17.4. The maximum Gasteiger partial charge on any atom is 0.234 e. The van der Waals surface area contributed by atoms with Crippen LogP contribution in [0.15, 0.2) is 48.5 Å². The van der Waals surface area contributed by atoms with Gasteiger partial charge in [0.15, 0.2) is 0 Å². The summed E-state index contributed by atoms with van der Waals surface area (Å²) in [6, 6.07) is 14.0. The van der Waals surface area contributed by atoms with Gasteiger partial charge in [0.25, 0.3) is 0 Å². The van der Waals surface area contributed by atoms with Crippen LogP contribution in [-0.2, 0) is 9.59 Å². The Balaban J connectivity index is 1.70. The second-order valence-corrected chi connectivity index (χ2v) is 6.25. The Hall–Kier alpha value is -2.18. The first-order chi connectivity index (χ1) is 11.6. The highest BCUT2D eigenvalue weighted by Crippen LogP contribution is 2.16. The maximum atomic E-state index is 11.8. The second kappa shape index (κ2) is 9.20. The number of rotatable bonds is 7. The summed E-state index contributed by atoms with van der Waals surface area (Å²) in [5.41, 5.74) is 1.32. The molecule has 7 heteroatoms. The van der Waals surface area contributed by atoms with Crippen LogP contribution in [0.1, 0.15) is 0 Å². The molecule has 0 heterocycles. The molecule has 0 saturated heterocycles. The van der Waals surface area contributed by atoms with Crippen molar-refractivity contribution in [3.05, 3.63) is 53.6 Å². The molecule has 2 aromatic carbocycles. The van der Waals surface area contributed by atoms with E-state index in [1.54, 1.807) is 55.6 Å². The lowest BCUT2D eigenvalue weighted by atomic mass is 10.3. The lowest BCUT2D eigenvalue weighted by molar-refractivity contribution is -0.114. The first kappa shape index (κ1) is 18.2. The van der Waals surface area contributed by atoms with Gasteiger partial charge < -0.3 is 15.4 Å². The number of anilines is 2. The van der Waals surface area contributed by atoms with Crippen LogP contribution in [0.2, 0.25) is 5.02 Å². The number of amides is 2. The fraction of sp³-hybridized carbons (Fsp3) is 0.176. The summed E-state index contributed by atoms with van der Waals surface area (Å²) >= 11 is 7.09. The van der Waals surface area contributed by atoms with Gasteiger partial charge in [0.05, 0.1) is 18.6 Å². The van der Waals surface area contributed by atoms with E-state index >= 15 is 0 Å². The van der Waals surface area contributed by atoms with Crippen molar-refractivity contribution in [2.24, 2.45) is 0 Å². The van der Waals surface area contributed by atoms with Crippen LogP contribution >= 0.6 is 23.4 Å². The summed E-state index contributed by atoms with van der Waals surface area (Å²) in [6.07, 6.45) is 0. The predicted octanol–water partition coefficient (Wildman–Crippen LogP) is 3.66. The Bertz CT molecular complexity index is 707. The third kappa shape index (κ3) is 6.14. The number of nitrogens with one attached hydrogen (secondary N) is 2. The van der Waals surface area contributed by atoms with Crippen molar-refractivity contribution in [1.29, 1.82) is 0 Å². The van der Waals surface area contributed by atoms with Crippen LogP contribution in [-0.4, -0.2) is 30.4 Å². The van der Waals surface area contributed by atoms with E-state index < -0.39 is 0 Å². The van der Waals surface area contributed by atoms with E-state index in [1.807, 2.05) is 0 Å². The monoisotopic (exact) mass is 364 g/mol. The standard InChI is InChI=1S/C17H17ClN2O3S/c1-23-15-7-5-13(6-8-15)19-16(21)10-24-11-17(22)20-14-4-2-3-12(18)9-14/h2-9H,10-11H2,1H3,(H,19,21)(H,20,22). The highest BCUT2D eigenvalue weighted by Gasteiger charge is 2.07. The SMILES string of the molecule is COc1ccc(NC(=O)CSCC(=O)Nc2cccc(Cl)c2)cc1. The van der Waals surface area contributed by atoms with Crippen LogP contribution in [0.3, 0.4) is 0 Å². The smallest absolute Gasteiger partial charge is 0.234 e. The normalized spacial score (nSPS) is 10.1. The zero-order valence-electron chi connectivity index (χ0n) is 13.0. The molecule has 0 radical (unpaired) electrons. The van der Waals surface area contributed by atoms with Crippen molar-refractivity contribution in [3.8, 4) is 5.75 Å². The van der Waals surface area contributed by atoms with Crippen molar-refractivity contribution < 1.29 is 14.3 Å². The average Bonchev–Trinajstić information content (AvgIpc) is 2.55. The molecule has 5 nitrogen and oxygen atoms in total. The van der Waals surface area contributed by atoms with Crippen molar-refractivity contribution >= 4 is 46.6 Å². The average molecular weight is 365 g/mol. The Labute approximate surface area is 149 Å². The highest BCUT2D eigenvalue weighted by atomic mass is 35.5. The van der Waals surface area contributed by atoms with Gasteiger partial charge in [0.2, 0.25) is 11.8 Å². The molecular formula is C17H17ClN2O3S. The quantitative estimate of drug-likeness (QED) is 0.786. The number of carbonyl (C=O) groups is 2. The summed E-state index contributed by atoms with van der Waals surface area (Å²) in [5.74, 6) is 0.748. The van der Waals surface area contributed by atoms with Gasteiger partial charge in [0.1, 0.15) is 5.75 Å². The van der Waals surface area contributed by atoms with E-state index in [2.05, 4.69) is 10.6 Å². The van der Waals surface area contributed by atoms with Gasteiger partial charge in [-0.05, 0) is 42.5 Å². The first-order valence-corrected chi connectivity index (χ1v) is 8.67. The number of ether oxygens (including phenoxy) is 1. The summed E-state index contributed by atoms with van der Waals surface area (Å²) in [7, 11) is 1.58. The molecule has 2 amide bonds. The lowest BCUT2D eigenvalue weighted by Crippen LogP contribution is -2.18. The summed E-state index contributed by atoms with van der Waals surface area (Å²) in [6.45, 7) is 0. The van der Waals surface area contributed by atoms with Gasteiger partial charge in [-0.3, -0.25) is 9.59 Å². The number of halogens is 1. The van der Waals surface area contributed by atoms with Crippen molar-refractivity contribution in [3.63, 3.8) is 0 Å². The molecular weight excluding hydrogens is 348 g/mol. The molecule has 0 aromatic heterocycles. The Morgan fingerprint density at radius 1 is 1.00 bits per heavy atom. The number of hydrogen-bond acceptors (Lipinski definition) is 4. The minimum absolute atomic E-state index is 0.166. The third-order valence-electron chi connectivity index (χ3n) is 2.95. The van der Waals surface area contributed by atoms with E-state index in [-0.39, 0.29) is 23.3 Å². The van der Waals surface area contributed by atoms with E-state index in [9.17, 15) is 9.59 Å². The molecule has 0 spiro atoms.